The molecule has 146 valence electrons. The van der Waals surface area contributed by atoms with Crippen LogP contribution < -0.4 is 20.9 Å². The van der Waals surface area contributed by atoms with E-state index in [1.165, 1.54) is 6.08 Å². The number of carbonyl (C=O) groups is 3. The summed E-state index contributed by atoms with van der Waals surface area (Å²) in [7, 11) is 1.58. The molecule has 7 nitrogen and oxygen atoms in total. The zero-order valence-corrected chi connectivity index (χ0v) is 16.0. The molecule has 2 rings (SSSR count). The summed E-state index contributed by atoms with van der Waals surface area (Å²) in [4.78, 5) is 35.4. The normalized spacial score (nSPS) is 10.4. The van der Waals surface area contributed by atoms with Crippen molar-refractivity contribution in [2.75, 3.05) is 13.7 Å². The molecule has 0 unspecified atom stereocenters. The third-order valence-electron chi connectivity index (χ3n) is 3.63. The maximum Gasteiger partial charge on any atom is 0.271 e. The number of hydrogen-bond donors (Lipinski definition) is 3. The number of hydrazine groups is 1. The molecule has 8 heteroatoms. The van der Waals surface area contributed by atoms with E-state index in [1.807, 2.05) is 12.1 Å². The quantitative estimate of drug-likeness (QED) is 0.490. The Labute approximate surface area is 167 Å². The number of amides is 3. The lowest BCUT2D eigenvalue weighted by Crippen LogP contribution is -2.42. The van der Waals surface area contributed by atoms with Crippen molar-refractivity contribution in [3.8, 4) is 5.75 Å². The van der Waals surface area contributed by atoms with E-state index < -0.39 is 11.8 Å². The molecule has 0 aliphatic heterocycles. The number of carbonyl (C=O) groups excluding carboxylic acids is 3. The Hall–Kier alpha value is -3.32. The summed E-state index contributed by atoms with van der Waals surface area (Å²) < 4.78 is 5.06. The minimum absolute atomic E-state index is 0.00488. The maximum absolute atomic E-state index is 11.9. The Morgan fingerprint density at radius 1 is 1.04 bits per heavy atom. The fraction of sp³-hybridized carbons (Fsp3) is 0.150. The van der Waals surface area contributed by atoms with Gasteiger partial charge in [-0.2, -0.15) is 0 Å². The summed E-state index contributed by atoms with van der Waals surface area (Å²) in [5.74, 6) is -0.566. The van der Waals surface area contributed by atoms with Crippen molar-refractivity contribution in [1.82, 2.24) is 16.2 Å². The molecule has 28 heavy (non-hydrogen) atoms. The predicted octanol–water partition coefficient (Wildman–Crippen LogP) is 2.33. The molecule has 0 saturated carbocycles. The van der Waals surface area contributed by atoms with E-state index >= 15 is 0 Å². The van der Waals surface area contributed by atoms with Crippen LogP contribution in [0.5, 0.6) is 5.75 Å². The van der Waals surface area contributed by atoms with Crippen molar-refractivity contribution in [2.24, 2.45) is 0 Å². The molecule has 2 aromatic carbocycles. The lowest BCUT2D eigenvalue weighted by atomic mass is 10.2. The van der Waals surface area contributed by atoms with Crippen LogP contribution in [0.4, 0.5) is 0 Å². The molecule has 0 spiro atoms. The highest BCUT2D eigenvalue weighted by molar-refractivity contribution is 6.33. The molecular weight excluding hydrogens is 382 g/mol. The number of rotatable bonds is 7. The summed E-state index contributed by atoms with van der Waals surface area (Å²) >= 11 is 5.91. The van der Waals surface area contributed by atoms with Crippen molar-refractivity contribution in [3.63, 3.8) is 0 Å². The van der Waals surface area contributed by atoms with Gasteiger partial charge in [-0.3, -0.25) is 25.2 Å². The first-order chi connectivity index (χ1) is 13.5. The average Bonchev–Trinajstić information content (AvgIpc) is 2.71. The molecule has 2 aromatic rings. The van der Waals surface area contributed by atoms with Gasteiger partial charge in [0.2, 0.25) is 11.8 Å². The van der Waals surface area contributed by atoms with E-state index in [4.69, 9.17) is 16.3 Å². The monoisotopic (exact) mass is 401 g/mol. The zero-order valence-electron chi connectivity index (χ0n) is 15.2. The molecule has 0 heterocycles. The zero-order chi connectivity index (χ0) is 20.4. The van der Waals surface area contributed by atoms with Gasteiger partial charge in [-0.05, 0) is 35.9 Å². The highest BCUT2D eigenvalue weighted by Gasteiger charge is 2.10. The highest BCUT2D eigenvalue weighted by Crippen LogP contribution is 2.14. The molecular formula is C20H20ClN3O4. The second-order valence-corrected chi connectivity index (χ2v) is 6.04. The number of ether oxygens (including phenoxy) is 1. The Morgan fingerprint density at radius 2 is 1.75 bits per heavy atom. The van der Waals surface area contributed by atoms with Crippen molar-refractivity contribution < 1.29 is 19.1 Å². The predicted molar refractivity (Wildman–Crippen MR) is 107 cm³/mol. The summed E-state index contributed by atoms with van der Waals surface area (Å²) in [5, 5.41) is 2.87. The Bertz CT molecular complexity index is 866. The van der Waals surface area contributed by atoms with Gasteiger partial charge >= 0.3 is 0 Å². The van der Waals surface area contributed by atoms with Gasteiger partial charge in [0.25, 0.3) is 5.91 Å². The van der Waals surface area contributed by atoms with Gasteiger partial charge in [0.05, 0.1) is 17.7 Å². The Morgan fingerprint density at radius 3 is 2.43 bits per heavy atom. The first kappa shape index (κ1) is 21.0. The molecule has 0 bridgehead atoms. The number of halogens is 1. The molecule has 0 fully saturated rings. The van der Waals surface area contributed by atoms with Crippen molar-refractivity contribution in [2.45, 2.75) is 6.42 Å². The topological polar surface area (TPSA) is 96.5 Å². The van der Waals surface area contributed by atoms with E-state index in [0.717, 1.165) is 11.3 Å². The third-order valence-corrected chi connectivity index (χ3v) is 3.96. The fourth-order valence-corrected chi connectivity index (χ4v) is 2.37. The van der Waals surface area contributed by atoms with Crippen LogP contribution in [0.15, 0.2) is 54.6 Å². The lowest BCUT2D eigenvalue weighted by molar-refractivity contribution is -0.122. The van der Waals surface area contributed by atoms with Crippen LogP contribution in [0.1, 0.15) is 22.3 Å². The summed E-state index contributed by atoms with van der Waals surface area (Å²) in [6.07, 6.45) is 3.03. The molecule has 0 aliphatic carbocycles. The standard InChI is InChI=1S/C20H20ClN3O4/c1-28-15-9-6-14(7-10-15)8-11-18(25)22-13-12-19(26)23-24-20(27)16-4-2-3-5-17(16)21/h2-11H,12-13H2,1H3,(H,22,25)(H,23,26)(H,24,27)/b11-8+. The molecule has 0 saturated heterocycles. The third kappa shape index (κ3) is 6.77. The van der Waals surface area contributed by atoms with E-state index in [1.54, 1.807) is 49.6 Å². The first-order valence-corrected chi connectivity index (χ1v) is 8.81. The van der Waals surface area contributed by atoms with E-state index in [0.29, 0.717) is 0 Å². The molecule has 3 amide bonds. The van der Waals surface area contributed by atoms with Crippen LogP contribution >= 0.6 is 11.6 Å². The van der Waals surface area contributed by atoms with Crippen LogP contribution in [0, 0.1) is 0 Å². The van der Waals surface area contributed by atoms with E-state index in [2.05, 4.69) is 16.2 Å². The van der Waals surface area contributed by atoms with Gasteiger partial charge < -0.3 is 10.1 Å². The van der Waals surface area contributed by atoms with Crippen LogP contribution in [-0.2, 0) is 9.59 Å². The Balaban J connectivity index is 1.68. The first-order valence-electron chi connectivity index (χ1n) is 8.43. The average molecular weight is 402 g/mol. The van der Waals surface area contributed by atoms with Crippen LogP contribution in [0.25, 0.3) is 6.08 Å². The van der Waals surface area contributed by atoms with Gasteiger partial charge in [-0.1, -0.05) is 35.9 Å². The van der Waals surface area contributed by atoms with Gasteiger partial charge in [0.1, 0.15) is 5.75 Å². The fourth-order valence-electron chi connectivity index (χ4n) is 2.15. The van der Waals surface area contributed by atoms with Crippen LogP contribution in [0.3, 0.4) is 0 Å². The summed E-state index contributed by atoms with van der Waals surface area (Å²) in [5.41, 5.74) is 5.64. The summed E-state index contributed by atoms with van der Waals surface area (Å²) in [6, 6.07) is 13.7. The molecule has 0 aliphatic rings. The van der Waals surface area contributed by atoms with Gasteiger partial charge in [-0.15, -0.1) is 0 Å². The van der Waals surface area contributed by atoms with Gasteiger partial charge in [0, 0.05) is 19.0 Å². The number of methoxy groups -OCH3 is 1. The highest BCUT2D eigenvalue weighted by atomic mass is 35.5. The maximum atomic E-state index is 11.9. The number of nitrogens with one attached hydrogen (secondary N) is 3. The van der Waals surface area contributed by atoms with Crippen LogP contribution in [-0.4, -0.2) is 31.4 Å². The van der Waals surface area contributed by atoms with Crippen molar-refractivity contribution in [3.05, 3.63) is 70.8 Å². The van der Waals surface area contributed by atoms with Crippen molar-refractivity contribution in [1.29, 1.82) is 0 Å². The van der Waals surface area contributed by atoms with Gasteiger partial charge in [-0.25, -0.2) is 0 Å². The second kappa shape index (κ2) is 10.7. The minimum atomic E-state index is -0.523. The lowest BCUT2D eigenvalue weighted by Gasteiger charge is -2.08. The smallest absolute Gasteiger partial charge is 0.271 e. The number of hydrogen-bond acceptors (Lipinski definition) is 4. The second-order valence-electron chi connectivity index (χ2n) is 5.63. The molecule has 0 aromatic heterocycles. The molecule has 3 N–H and O–H groups in total. The largest absolute Gasteiger partial charge is 0.497 e. The molecule has 0 atom stereocenters. The van der Waals surface area contributed by atoms with Crippen molar-refractivity contribution >= 4 is 35.4 Å². The van der Waals surface area contributed by atoms with E-state index in [-0.39, 0.29) is 29.5 Å². The minimum Gasteiger partial charge on any atom is -0.497 e. The van der Waals surface area contributed by atoms with E-state index in [9.17, 15) is 14.4 Å². The number of benzene rings is 2. The Kier molecular flexibility index (Phi) is 8.05. The summed E-state index contributed by atoms with van der Waals surface area (Å²) in [6.45, 7) is 0.125. The molecule has 0 radical (unpaired) electrons. The van der Waals surface area contributed by atoms with Crippen LogP contribution in [0.2, 0.25) is 5.02 Å². The van der Waals surface area contributed by atoms with Gasteiger partial charge in [0.15, 0.2) is 0 Å². The SMILES string of the molecule is COc1ccc(/C=C/C(=O)NCCC(=O)NNC(=O)c2ccccc2Cl)cc1.